The standard InChI is InChI=1S/C16H25N3O2/c1-21-15(12-17)11-16(20)18-13-5-7-14(8-6-13)19-9-3-2-4-10-19/h5-8,15H,2-4,9-12,17H2,1H3,(H,18,20). The van der Waals surface area contributed by atoms with Crippen molar-refractivity contribution < 1.29 is 9.53 Å². The van der Waals surface area contributed by atoms with E-state index in [1.54, 1.807) is 7.11 Å². The quantitative estimate of drug-likeness (QED) is 0.841. The van der Waals surface area contributed by atoms with Gasteiger partial charge in [-0.15, -0.1) is 0 Å². The molecule has 0 saturated carbocycles. The van der Waals surface area contributed by atoms with E-state index in [0.29, 0.717) is 6.54 Å². The average molecular weight is 291 g/mol. The van der Waals surface area contributed by atoms with E-state index in [0.717, 1.165) is 18.8 Å². The lowest BCUT2D eigenvalue weighted by Gasteiger charge is -2.28. The van der Waals surface area contributed by atoms with Crippen molar-refractivity contribution in [1.29, 1.82) is 0 Å². The summed E-state index contributed by atoms with van der Waals surface area (Å²) < 4.78 is 5.11. The third-order valence-corrected chi connectivity index (χ3v) is 3.88. The molecule has 3 N–H and O–H groups in total. The van der Waals surface area contributed by atoms with E-state index in [1.807, 2.05) is 12.1 Å². The first kappa shape index (κ1) is 15.8. The van der Waals surface area contributed by atoms with Gasteiger partial charge < -0.3 is 20.7 Å². The van der Waals surface area contributed by atoms with Gasteiger partial charge in [0.05, 0.1) is 12.5 Å². The second-order valence-corrected chi connectivity index (χ2v) is 5.44. The molecule has 1 atom stereocenters. The fraction of sp³-hybridized carbons (Fsp3) is 0.562. The van der Waals surface area contributed by atoms with Crippen molar-refractivity contribution in [3.63, 3.8) is 0 Å². The topological polar surface area (TPSA) is 67.6 Å². The molecule has 0 radical (unpaired) electrons. The Morgan fingerprint density at radius 1 is 1.29 bits per heavy atom. The Bertz CT molecular complexity index is 437. The maximum absolute atomic E-state index is 11.9. The van der Waals surface area contributed by atoms with E-state index in [1.165, 1.54) is 24.9 Å². The van der Waals surface area contributed by atoms with Crippen LogP contribution in [0.3, 0.4) is 0 Å². The number of carbonyl (C=O) groups is 1. The second kappa shape index (κ2) is 8.00. The SMILES string of the molecule is COC(CN)CC(=O)Nc1ccc(N2CCCCC2)cc1. The van der Waals surface area contributed by atoms with Crippen LogP contribution in [0.4, 0.5) is 11.4 Å². The predicted molar refractivity (Wildman–Crippen MR) is 85.6 cm³/mol. The van der Waals surface area contributed by atoms with Crippen molar-refractivity contribution in [3.8, 4) is 0 Å². The number of methoxy groups -OCH3 is 1. The van der Waals surface area contributed by atoms with Crippen LogP contribution in [0.5, 0.6) is 0 Å². The normalized spacial score (nSPS) is 16.6. The second-order valence-electron chi connectivity index (χ2n) is 5.44. The lowest BCUT2D eigenvalue weighted by molar-refractivity contribution is -0.118. The number of hydrogen-bond acceptors (Lipinski definition) is 4. The maximum Gasteiger partial charge on any atom is 0.227 e. The average Bonchev–Trinajstić information content (AvgIpc) is 2.54. The molecule has 0 aliphatic carbocycles. The molecule has 0 spiro atoms. The molecule has 116 valence electrons. The van der Waals surface area contributed by atoms with Gasteiger partial charge in [-0.1, -0.05) is 0 Å². The number of nitrogens with two attached hydrogens (primary N) is 1. The molecule has 21 heavy (non-hydrogen) atoms. The molecule has 0 aromatic heterocycles. The summed E-state index contributed by atoms with van der Waals surface area (Å²) >= 11 is 0. The zero-order valence-corrected chi connectivity index (χ0v) is 12.7. The van der Waals surface area contributed by atoms with E-state index in [9.17, 15) is 4.79 Å². The number of piperidine rings is 1. The molecule has 5 nitrogen and oxygen atoms in total. The third kappa shape index (κ3) is 4.72. The smallest absolute Gasteiger partial charge is 0.227 e. The molecule has 1 heterocycles. The highest BCUT2D eigenvalue weighted by molar-refractivity contribution is 5.91. The van der Waals surface area contributed by atoms with Crippen LogP contribution in [0.1, 0.15) is 25.7 Å². The first-order valence-electron chi connectivity index (χ1n) is 7.60. The number of ether oxygens (including phenoxy) is 1. The molecule has 1 unspecified atom stereocenters. The van der Waals surface area contributed by atoms with E-state index in [4.69, 9.17) is 10.5 Å². The van der Waals surface area contributed by atoms with Crippen molar-refractivity contribution in [2.75, 3.05) is 37.0 Å². The Morgan fingerprint density at radius 3 is 2.52 bits per heavy atom. The molecule has 5 heteroatoms. The number of nitrogens with zero attached hydrogens (tertiary/aromatic N) is 1. The van der Waals surface area contributed by atoms with Crippen LogP contribution in [-0.2, 0) is 9.53 Å². The van der Waals surface area contributed by atoms with Gasteiger partial charge in [0.25, 0.3) is 0 Å². The molecule has 1 amide bonds. The van der Waals surface area contributed by atoms with Gasteiger partial charge in [0, 0.05) is 38.1 Å². The van der Waals surface area contributed by atoms with Crippen LogP contribution in [-0.4, -0.2) is 38.8 Å². The van der Waals surface area contributed by atoms with Crippen LogP contribution in [0.15, 0.2) is 24.3 Å². The van der Waals surface area contributed by atoms with Gasteiger partial charge >= 0.3 is 0 Å². The molecule has 1 aromatic carbocycles. The zero-order chi connectivity index (χ0) is 15.1. The van der Waals surface area contributed by atoms with E-state index in [-0.39, 0.29) is 18.4 Å². The first-order valence-corrected chi connectivity index (χ1v) is 7.60. The summed E-state index contributed by atoms with van der Waals surface area (Å²) in [6, 6.07) is 8.04. The number of carbonyl (C=O) groups excluding carboxylic acids is 1. The number of benzene rings is 1. The van der Waals surface area contributed by atoms with Crippen molar-refractivity contribution in [1.82, 2.24) is 0 Å². The molecule has 1 aliphatic heterocycles. The molecular formula is C16H25N3O2. The minimum absolute atomic E-state index is 0.0713. The van der Waals surface area contributed by atoms with Crippen LogP contribution >= 0.6 is 0 Å². The Kier molecular flexibility index (Phi) is 6.02. The number of nitrogens with one attached hydrogen (secondary N) is 1. The van der Waals surface area contributed by atoms with Crippen molar-refractivity contribution in [3.05, 3.63) is 24.3 Å². The fourth-order valence-corrected chi connectivity index (χ4v) is 2.59. The van der Waals surface area contributed by atoms with Gasteiger partial charge in [0.15, 0.2) is 0 Å². The van der Waals surface area contributed by atoms with E-state index < -0.39 is 0 Å². The minimum Gasteiger partial charge on any atom is -0.380 e. The fourth-order valence-electron chi connectivity index (χ4n) is 2.59. The summed E-state index contributed by atoms with van der Waals surface area (Å²) in [6.45, 7) is 2.59. The molecule has 1 saturated heterocycles. The Labute approximate surface area is 126 Å². The summed E-state index contributed by atoms with van der Waals surface area (Å²) in [5, 5.41) is 2.88. The molecule has 2 rings (SSSR count). The first-order chi connectivity index (χ1) is 10.2. The Balaban J connectivity index is 1.88. The summed E-state index contributed by atoms with van der Waals surface area (Å²) in [6.07, 6.45) is 3.90. The third-order valence-electron chi connectivity index (χ3n) is 3.88. The summed E-state index contributed by atoms with van der Waals surface area (Å²) in [7, 11) is 1.57. The van der Waals surface area contributed by atoms with Gasteiger partial charge in [-0.2, -0.15) is 0 Å². The summed E-state index contributed by atoms with van der Waals surface area (Å²) in [5.41, 5.74) is 7.56. The Hall–Kier alpha value is -1.59. The highest BCUT2D eigenvalue weighted by atomic mass is 16.5. The van der Waals surface area contributed by atoms with Gasteiger partial charge in [-0.05, 0) is 43.5 Å². The largest absolute Gasteiger partial charge is 0.380 e. The van der Waals surface area contributed by atoms with Crippen molar-refractivity contribution in [2.45, 2.75) is 31.8 Å². The van der Waals surface area contributed by atoms with Gasteiger partial charge in [0.1, 0.15) is 0 Å². The van der Waals surface area contributed by atoms with E-state index >= 15 is 0 Å². The van der Waals surface area contributed by atoms with Crippen LogP contribution in [0, 0.1) is 0 Å². The number of amides is 1. The van der Waals surface area contributed by atoms with Crippen LogP contribution < -0.4 is 16.0 Å². The minimum atomic E-state index is -0.224. The number of hydrogen-bond donors (Lipinski definition) is 2. The molecule has 1 aromatic rings. The number of anilines is 2. The van der Waals surface area contributed by atoms with Crippen molar-refractivity contribution >= 4 is 17.3 Å². The molecule has 0 bridgehead atoms. The van der Waals surface area contributed by atoms with Crippen LogP contribution in [0.25, 0.3) is 0 Å². The molecule has 1 fully saturated rings. The molecular weight excluding hydrogens is 266 g/mol. The van der Waals surface area contributed by atoms with Gasteiger partial charge in [-0.3, -0.25) is 4.79 Å². The van der Waals surface area contributed by atoms with Crippen LogP contribution in [0.2, 0.25) is 0 Å². The number of rotatable bonds is 6. The summed E-state index contributed by atoms with van der Waals surface area (Å²) in [5.74, 6) is -0.0713. The lowest BCUT2D eigenvalue weighted by atomic mass is 10.1. The molecule has 1 aliphatic rings. The highest BCUT2D eigenvalue weighted by Crippen LogP contribution is 2.21. The maximum atomic E-state index is 11.9. The summed E-state index contributed by atoms with van der Waals surface area (Å²) in [4.78, 5) is 14.3. The highest BCUT2D eigenvalue weighted by Gasteiger charge is 2.13. The van der Waals surface area contributed by atoms with Gasteiger partial charge in [-0.25, -0.2) is 0 Å². The Morgan fingerprint density at radius 2 is 1.95 bits per heavy atom. The van der Waals surface area contributed by atoms with Crippen molar-refractivity contribution in [2.24, 2.45) is 5.73 Å². The monoisotopic (exact) mass is 291 g/mol. The lowest BCUT2D eigenvalue weighted by Crippen LogP contribution is -2.29. The van der Waals surface area contributed by atoms with E-state index in [2.05, 4.69) is 22.3 Å². The van der Waals surface area contributed by atoms with Gasteiger partial charge in [0.2, 0.25) is 5.91 Å². The zero-order valence-electron chi connectivity index (χ0n) is 12.7. The predicted octanol–water partition coefficient (Wildman–Crippen LogP) is 1.98.